The number of nitrogens with one attached hydrogen (secondary N) is 1. The van der Waals surface area contributed by atoms with Crippen LogP contribution in [-0.2, 0) is 12.8 Å². The first-order valence-electron chi connectivity index (χ1n) is 10.7. The minimum Gasteiger partial charge on any atom is -0.258 e. The molecule has 0 radical (unpaired) electrons. The number of aromatic nitrogens is 2. The molecule has 0 aliphatic carbocycles. The molecule has 1 N–H and O–H groups in total. The van der Waals surface area contributed by atoms with Crippen LogP contribution in [0.4, 0.5) is 10.2 Å². The van der Waals surface area contributed by atoms with Gasteiger partial charge in [-0.2, -0.15) is 4.57 Å². The molecular weight excluding hydrogens is 401 g/mol. The molecular formula is C27H23FN3O+. The quantitative estimate of drug-likeness (QED) is 0.470. The van der Waals surface area contributed by atoms with Crippen molar-refractivity contribution in [2.75, 3.05) is 5.32 Å². The van der Waals surface area contributed by atoms with Crippen LogP contribution in [0.3, 0.4) is 0 Å². The molecule has 32 heavy (non-hydrogen) atoms. The summed E-state index contributed by atoms with van der Waals surface area (Å²) < 4.78 is 16.1. The van der Waals surface area contributed by atoms with Crippen LogP contribution in [0.2, 0.25) is 0 Å². The molecule has 0 saturated heterocycles. The second-order valence-electron chi connectivity index (χ2n) is 8.15. The highest BCUT2D eigenvalue weighted by atomic mass is 19.1. The van der Waals surface area contributed by atoms with Gasteiger partial charge < -0.3 is 0 Å². The fourth-order valence-electron chi connectivity index (χ4n) is 4.18. The van der Waals surface area contributed by atoms with E-state index in [1.165, 1.54) is 6.07 Å². The first-order chi connectivity index (χ1) is 15.6. The minimum absolute atomic E-state index is 0.0316. The number of anilines is 1. The van der Waals surface area contributed by atoms with Crippen LogP contribution < -0.4 is 9.88 Å². The number of halogens is 1. The van der Waals surface area contributed by atoms with Gasteiger partial charge in [0.2, 0.25) is 0 Å². The average Bonchev–Trinajstić information content (AvgIpc) is 3.11. The summed E-state index contributed by atoms with van der Waals surface area (Å²) in [5.41, 5.74) is 5.04. The zero-order valence-electron chi connectivity index (χ0n) is 17.8. The van der Waals surface area contributed by atoms with Gasteiger partial charge in [-0.05, 0) is 24.1 Å². The fraction of sp³-hybridized carbons (Fsp3) is 0.148. The van der Waals surface area contributed by atoms with E-state index < -0.39 is 6.04 Å². The predicted octanol–water partition coefficient (Wildman–Crippen LogP) is 4.75. The van der Waals surface area contributed by atoms with Crippen LogP contribution in [0.5, 0.6) is 0 Å². The van der Waals surface area contributed by atoms with Crippen molar-refractivity contribution < 1.29 is 13.8 Å². The molecule has 3 aromatic carbocycles. The number of nitrogens with zero attached hydrogens (tertiary/aromatic N) is 2. The van der Waals surface area contributed by atoms with E-state index in [1.807, 2.05) is 61.5 Å². The van der Waals surface area contributed by atoms with E-state index in [2.05, 4.69) is 11.4 Å². The van der Waals surface area contributed by atoms with Gasteiger partial charge >= 0.3 is 11.7 Å². The number of rotatable bonds is 5. The van der Waals surface area contributed by atoms with Crippen LogP contribution in [0.15, 0.2) is 85.1 Å². The maximum atomic E-state index is 14.4. The molecule has 1 atom stereocenters. The van der Waals surface area contributed by atoms with Gasteiger partial charge in [-0.3, -0.25) is 5.32 Å². The number of hydrogen-bond donors (Lipinski definition) is 1. The number of fused-ring (bicyclic) bond motifs is 1. The van der Waals surface area contributed by atoms with Crippen molar-refractivity contribution in [3.8, 4) is 11.3 Å². The normalized spacial score (nSPS) is 14.8. The molecule has 1 aromatic heterocycles. The molecule has 2 heterocycles. The molecule has 4 nitrogen and oxygen atoms in total. The number of carbonyl (C=O) groups is 1. The fourth-order valence-corrected chi connectivity index (χ4v) is 4.18. The second kappa shape index (κ2) is 8.35. The Balaban J connectivity index is 1.56. The van der Waals surface area contributed by atoms with Crippen molar-refractivity contribution in [1.29, 1.82) is 0 Å². The van der Waals surface area contributed by atoms with Crippen LogP contribution in [0.25, 0.3) is 11.3 Å². The number of benzene rings is 3. The lowest BCUT2D eigenvalue weighted by molar-refractivity contribution is -0.552. The Hall–Kier alpha value is -3.86. The Bertz CT molecular complexity index is 1300. The van der Waals surface area contributed by atoms with E-state index >= 15 is 0 Å². The molecule has 1 aliphatic heterocycles. The van der Waals surface area contributed by atoms with Gasteiger partial charge in [-0.1, -0.05) is 78.4 Å². The Morgan fingerprint density at radius 2 is 1.78 bits per heavy atom. The van der Waals surface area contributed by atoms with Gasteiger partial charge in [-0.15, -0.1) is 0 Å². The molecule has 0 amide bonds. The monoisotopic (exact) mass is 424 g/mol. The van der Waals surface area contributed by atoms with Crippen molar-refractivity contribution in [2.24, 2.45) is 0 Å². The van der Waals surface area contributed by atoms with Crippen LogP contribution in [0, 0.1) is 12.7 Å². The molecule has 158 valence electrons. The third-order valence-electron chi connectivity index (χ3n) is 5.78. The number of hydrogen-bond acceptors (Lipinski definition) is 3. The average molecular weight is 424 g/mol. The minimum atomic E-state index is -0.399. The summed E-state index contributed by atoms with van der Waals surface area (Å²) in [5.74, 6) is 0.324. The second-order valence-corrected chi connectivity index (χ2v) is 8.15. The molecule has 1 unspecified atom stereocenters. The van der Waals surface area contributed by atoms with E-state index in [0.717, 1.165) is 16.7 Å². The zero-order chi connectivity index (χ0) is 22.1. The summed E-state index contributed by atoms with van der Waals surface area (Å²) in [7, 11) is 0. The van der Waals surface area contributed by atoms with Gasteiger partial charge in [0, 0.05) is 18.4 Å². The lowest BCUT2D eigenvalue weighted by atomic mass is 10.0. The van der Waals surface area contributed by atoms with E-state index in [1.54, 1.807) is 22.9 Å². The molecule has 0 saturated carbocycles. The van der Waals surface area contributed by atoms with E-state index in [0.29, 0.717) is 35.6 Å². The lowest BCUT2D eigenvalue weighted by Crippen LogP contribution is -2.44. The standard InChI is InChI=1S/C27H22FN3O/c1-18-8-7-9-19(14-18)15-24-27(32)31-17-25(20-10-3-2-4-11-20)29-23(26(31)30-24)16-21-12-5-6-13-22(21)28/h2-14,17,24H,15-16H2,1H3/p+1. The summed E-state index contributed by atoms with van der Waals surface area (Å²) in [6.45, 7) is 2.04. The van der Waals surface area contributed by atoms with Gasteiger partial charge in [0.25, 0.3) is 0 Å². The number of aryl methyl sites for hydroxylation is 1. The van der Waals surface area contributed by atoms with Crippen molar-refractivity contribution in [3.63, 3.8) is 0 Å². The summed E-state index contributed by atoms with van der Waals surface area (Å²) >= 11 is 0. The van der Waals surface area contributed by atoms with Crippen LogP contribution in [-0.4, -0.2) is 16.9 Å². The zero-order valence-corrected chi connectivity index (χ0v) is 17.8. The highest BCUT2D eigenvalue weighted by Gasteiger charge is 2.41. The molecule has 5 heteroatoms. The molecule has 0 fully saturated rings. The maximum Gasteiger partial charge on any atom is 0.359 e. The first kappa shape index (κ1) is 20.1. The third kappa shape index (κ3) is 3.89. The summed E-state index contributed by atoms with van der Waals surface area (Å²) in [6, 6.07) is 24.2. The van der Waals surface area contributed by atoms with Crippen LogP contribution in [0.1, 0.15) is 27.2 Å². The Morgan fingerprint density at radius 3 is 2.56 bits per heavy atom. The van der Waals surface area contributed by atoms with E-state index in [9.17, 15) is 9.18 Å². The Labute approximate surface area is 186 Å². The van der Waals surface area contributed by atoms with Crippen LogP contribution >= 0.6 is 0 Å². The number of carbonyl (C=O) groups excluding carboxylic acids is 1. The van der Waals surface area contributed by atoms with Gasteiger partial charge in [-0.25, -0.2) is 14.2 Å². The highest BCUT2D eigenvalue weighted by molar-refractivity contribution is 5.82. The summed E-state index contributed by atoms with van der Waals surface area (Å²) in [4.78, 5) is 18.2. The maximum absolute atomic E-state index is 14.4. The first-order valence-corrected chi connectivity index (χ1v) is 10.7. The smallest absolute Gasteiger partial charge is 0.258 e. The van der Waals surface area contributed by atoms with E-state index in [4.69, 9.17) is 4.98 Å². The van der Waals surface area contributed by atoms with Gasteiger partial charge in [0.1, 0.15) is 23.4 Å². The topological polar surface area (TPSA) is 45.9 Å². The van der Waals surface area contributed by atoms with Crippen molar-refractivity contribution in [2.45, 2.75) is 25.8 Å². The lowest BCUT2D eigenvalue weighted by Gasteiger charge is -2.08. The Morgan fingerprint density at radius 1 is 1.00 bits per heavy atom. The highest BCUT2D eigenvalue weighted by Crippen LogP contribution is 2.25. The largest absolute Gasteiger partial charge is 0.359 e. The van der Waals surface area contributed by atoms with Gasteiger partial charge in [0.05, 0.1) is 0 Å². The van der Waals surface area contributed by atoms with Gasteiger partial charge in [0.15, 0.2) is 6.04 Å². The SMILES string of the molecule is Cc1cccc(CC2Nc3c(Cc4ccccc4F)nc(-c4ccccc4)c[n+]3C2=O)c1. The van der Waals surface area contributed by atoms with E-state index in [-0.39, 0.29) is 11.7 Å². The summed E-state index contributed by atoms with van der Waals surface area (Å²) in [6.07, 6.45) is 2.64. The molecule has 4 aromatic rings. The molecule has 0 spiro atoms. The summed E-state index contributed by atoms with van der Waals surface area (Å²) in [5, 5.41) is 3.37. The Kier molecular flexibility index (Phi) is 5.23. The molecule has 1 aliphatic rings. The van der Waals surface area contributed by atoms with Crippen molar-refractivity contribution >= 4 is 11.7 Å². The van der Waals surface area contributed by atoms with Crippen molar-refractivity contribution in [1.82, 2.24) is 4.98 Å². The molecule has 0 bridgehead atoms. The predicted molar refractivity (Wildman–Crippen MR) is 122 cm³/mol. The molecule has 5 rings (SSSR count). The van der Waals surface area contributed by atoms with Crippen molar-refractivity contribution in [3.05, 3.63) is 113 Å². The third-order valence-corrected chi connectivity index (χ3v) is 5.78.